The molecule has 2 heterocycles. The van der Waals surface area contributed by atoms with Crippen molar-refractivity contribution in [1.29, 1.82) is 0 Å². The molecule has 0 radical (unpaired) electrons. The third-order valence-corrected chi connectivity index (χ3v) is 7.97. The first-order chi connectivity index (χ1) is 13.6. The molecule has 0 amide bonds. The molecule has 1 aliphatic heterocycles. The molecule has 1 aromatic heterocycles. The summed E-state index contributed by atoms with van der Waals surface area (Å²) in [6.45, 7) is 7.13. The lowest BCUT2D eigenvalue weighted by atomic mass is 9.83. The monoisotopic (exact) mass is 375 g/mol. The molecule has 1 unspecified atom stereocenters. The molecule has 2 saturated carbocycles. The Labute approximate surface area is 170 Å². The molecule has 0 spiro atoms. The summed E-state index contributed by atoms with van der Waals surface area (Å²) < 4.78 is 5.43. The molecule has 1 aromatic carbocycles. The molecular formula is C26H35N2+. The summed E-state index contributed by atoms with van der Waals surface area (Å²) >= 11 is 0. The minimum atomic E-state index is 0.150. The molecule has 2 heteroatoms. The molecule has 0 saturated heterocycles. The van der Waals surface area contributed by atoms with E-state index in [0.717, 1.165) is 5.92 Å². The van der Waals surface area contributed by atoms with Gasteiger partial charge in [-0.1, -0.05) is 50.3 Å². The van der Waals surface area contributed by atoms with Gasteiger partial charge in [0.25, 0.3) is 5.82 Å². The van der Waals surface area contributed by atoms with E-state index < -0.39 is 0 Å². The number of fused-ring (bicyclic) bond motifs is 1. The molecule has 2 fully saturated rings. The summed E-state index contributed by atoms with van der Waals surface area (Å²) in [7, 11) is 0. The van der Waals surface area contributed by atoms with Gasteiger partial charge in [0.2, 0.25) is 0 Å². The van der Waals surface area contributed by atoms with Crippen LogP contribution in [0.1, 0.15) is 93.4 Å². The van der Waals surface area contributed by atoms with Crippen LogP contribution in [-0.4, -0.2) is 4.57 Å². The third-order valence-electron chi connectivity index (χ3n) is 7.97. The molecule has 0 bridgehead atoms. The van der Waals surface area contributed by atoms with Gasteiger partial charge in [-0.25, -0.2) is 4.57 Å². The zero-order valence-corrected chi connectivity index (χ0v) is 17.9. The quantitative estimate of drug-likeness (QED) is 0.552. The molecule has 1 atom stereocenters. The average molecular weight is 376 g/mol. The van der Waals surface area contributed by atoms with Gasteiger partial charge in [0.1, 0.15) is 11.2 Å². The average Bonchev–Trinajstić information content (AvgIpc) is 3.42. The number of benzene rings is 1. The topological polar surface area (TPSA) is 8.81 Å². The summed E-state index contributed by atoms with van der Waals surface area (Å²) in [6, 6.07) is 8.96. The SMILES string of the molecule is Cc1ccccc1-n1c(C)c2[n+](c1C1CCCCC1)C(C)(C1CCCC1)C=C2. The van der Waals surface area contributed by atoms with E-state index in [9.17, 15) is 0 Å². The summed E-state index contributed by atoms with van der Waals surface area (Å²) in [5, 5.41) is 0. The van der Waals surface area contributed by atoms with Crippen LogP contribution < -0.4 is 4.57 Å². The number of allylic oxidation sites excluding steroid dienone is 1. The second-order valence-electron chi connectivity index (χ2n) is 9.66. The highest BCUT2D eigenvalue weighted by atomic mass is 15.2. The van der Waals surface area contributed by atoms with Crippen molar-refractivity contribution >= 4 is 6.08 Å². The van der Waals surface area contributed by atoms with E-state index in [1.165, 1.54) is 80.4 Å². The number of aryl methyl sites for hydroxylation is 1. The van der Waals surface area contributed by atoms with Crippen molar-refractivity contribution in [2.75, 3.05) is 0 Å². The summed E-state index contributed by atoms with van der Waals surface area (Å²) in [5.41, 5.74) is 5.79. The lowest BCUT2D eigenvalue weighted by Gasteiger charge is -2.31. The summed E-state index contributed by atoms with van der Waals surface area (Å²) in [5.74, 6) is 3.05. The second kappa shape index (κ2) is 6.90. The van der Waals surface area contributed by atoms with Crippen LogP contribution in [0.2, 0.25) is 0 Å². The van der Waals surface area contributed by atoms with Gasteiger partial charge in [-0.15, -0.1) is 0 Å². The van der Waals surface area contributed by atoms with E-state index in [2.05, 4.69) is 66.3 Å². The maximum absolute atomic E-state index is 2.79. The Hall–Kier alpha value is -1.83. The van der Waals surface area contributed by atoms with E-state index in [1.807, 2.05) is 0 Å². The zero-order valence-electron chi connectivity index (χ0n) is 17.9. The number of para-hydroxylation sites is 1. The lowest BCUT2D eigenvalue weighted by Crippen LogP contribution is -2.58. The first-order valence-electron chi connectivity index (χ1n) is 11.5. The van der Waals surface area contributed by atoms with Gasteiger partial charge in [-0.05, 0) is 63.3 Å². The predicted molar refractivity (Wildman–Crippen MR) is 116 cm³/mol. The van der Waals surface area contributed by atoms with Gasteiger partial charge in [-0.2, -0.15) is 4.57 Å². The van der Waals surface area contributed by atoms with Gasteiger partial charge in [-0.3, -0.25) is 0 Å². The molecule has 0 N–H and O–H groups in total. The third kappa shape index (κ3) is 2.64. The van der Waals surface area contributed by atoms with E-state index in [4.69, 9.17) is 0 Å². The van der Waals surface area contributed by atoms with E-state index in [0.29, 0.717) is 5.92 Å². The number of hydrogen-bond acceptors (Lipinski definition) is 0. The van der Waals surface area contributed by atoms with Crippen LogP contribution in [0.4, 0.5) is 0 Å². The van der Waals surface area contributed by atoms with Crippen molar-refractivity contribution in [2.45, 2.75) is 90.0 Å². The highest BCUT2D eigenvalue weighted by Crippen LogP contribution is 2.43. The minimum Gasteiger partial charge on any atom is -0.218 e. The Morgan fingerprint density at radius 1 is 0.929 bits per heavy atom. The van der Waals surface area contributed by atoms with Crippen LogP contribution in [0.5, 0.6) is 0 Å². The first kappa shape index (κ1) is 18.2. The highest BCUT2D eigenvalue weighted by molar-refractivity contribution is 5.53. The fourth-order valence-electron chi connectivity index (χ4n) is 6.37. The number of rotatable bonds is 3. The van der Waals surface area contributed by atoms with E-state index in [1.54, 1.807) is 5.82 Å². The fourth-order valence-corrected chi connectivity index (χ4v) is 6.37. The number of imidazole rings is 1. The molecule has 148 valence electrons. The van der Waals surface area contributed by atoms with Gasteiger partial charge in [0, 0.05) is 12.8 Å². The van der Waals surface area contributed by atoms with Gasteiger partial charge < -0.3 is 0 Å². The number of nitrogens with zero attached hydrogens (tertiary/aromatic N) is 2. The highest BCUT2D eigenvalue weighted by Gasteiger charge is 2.49. The van der Waals surface area contributed by atoms with Crippen LogP contribution in [0, 0.1) is 19.8 Å². The maximum Gasteiger partial charge on any atom is 0.266 e. The zero-order chi connectivity index (χ0) is 19.3. The van der Waals surface area contributed by atoms with Crippen molar-refractivity contribution in [3.05, 3.63) is 53.1 Å². The summed E-state index contributed by atoms with van der Waals surface area (Å²) in [4.78, 5) is 0. The van der Waals surface area contributed by atoms with Crippen LogP contribution in [0.25, 0.3) is 11.8 Å². The number of aromatic nitrogens is 2. The van der Waals surface area contributed by atoms with Gasteiger partial charge >= 0.3 is 0 Å². The number of hydrogen-bond donors (Lipinski definition) is 0. The minimum absolute atomic E-state index is 0.150. The molecule has 28 heavy (non-hydrogen) atoms. The second-order valence-corrected chi connectivity index (χ2v) is 9.66. The Bertz CT molecular complexity index is 907. The molecular weight excluding hydrogens is 340 g/mol. The fraction of sp³-hybridized carbons (Fsp3) is 0.577. The normalized spacial score (nSPS) is 25.5. The Morgan fingerprint density at radius 3 is 2.32 bits per heavy atom. The van der Waals surface area contributed by atoms with Crippen molar-refractivity contribution in [1.82, 2.24) is 4.57 Å². The smallest absolute Gasteiger partial charge is 0.218 e. The first-order valence-corrected chi connectivity index (χ1v) is 11.5. The molecule has 2 nitrogen and oxygen atoms in total. The van der Waals surface area contributed by atoms with Crippen LogP contribution in [0.3, 0.4) is 0 Å². The van der Waals surface area contributed by atoms with Crippen molar-refractivity contribution in [2.24, 2.45) is 5.92 Å². The molecule has 2 aromatic rings. The Kier molecular flexibility index (Phi) is 4.49. The van der Waals surface area contributed by atoms with Gasteiger partial charge in [0.15, 0.2) is 11.4 Å². The van der Waals surface area contributed by atoms with E-state index >= 15 is 0 Å². The van der Waals surface area contributed by atoms with E-state index in [-0.39, 0.29) is 5.54 Å². The largest absolute Gasteiger partial charge is 0.266 e. The van der Waals surface area contributed by atoms with Crippen molar-refractivity contribution in [3.63, 3.8) is 0 Å². The van der Waals surface area contributed by atoms with Crippen molar-refractivity contribution < 1.29 is 4.57 Å². The van der Waals surface area contributed by atoms with Gasteiger partial charge in [0.05, 0.1) is 5.92 Å². The maximum atomic E-state index is 2.79. The predicted octanol–water partition coefficient (Wildman–Crippen LogP) is 6.36. The Morgan fingerprint density at radius 2 is 1.61 bits per heavy atom. The molecule has 3 aliphatic rings. The van der Waals surface area contributed by atoms with Crippen LogP contribution >= 0.6 is 0 Å². The lowest BCUT2D eigenvalue weighted by molar-refractivity contribution is -0.761. The van der Waals surface area contributed by atoms with Crippen molar-refractivity contribution in [3.8, 4) is 5.69 Å². The summed E-state index contributed by atoms with van der Waals surface area (Å²) in [6.07, 6.45) is 17.4. The molecule has 2 aliphatic carbocycles. The van der Waals surface area contributed by atoms with Crippen LogP contribution in [0.15, 0.2) is 30.3 Å². The van der Waals surface area contributed by atoms with Crippen LogP contribution in [-0.2, 0) is 5.54 Å². The standard InChI is InChI=1S/C26H35N2/c1-19-11-7-10-16-23(19)27-20(2)24-17-18-26(3,22-14-8-9-15-22)28(24)25(27)21-12-5-4-6-13-21/h7,10-11,16-18,21-22H,4-6,8-9,12-15H2,1-3H3/q+1. The molecule has 5 rings (SSSR count). The Balaban J connectivity index is 1.75.